The van der Waals surface area contributed by atoms with Gasteiger partial charge >= 0.3 is 5.97 Å². The SMILES string of the molecule is C#C.C#C.C#C.C=CC.CC.CN(CCc1ccccn1)C(=O)[C@]12CCCC1[C@H]1CCC3[C@@](C)(CCC4C(C)(C)C(c5ccc(C(=O)O)cc5)=CC[C@@]43C)C1CC2. The average Bonchev–Trinajstić information content (AvgIpc) is 3.69. The summed E-state index contributed by atoms with van der Waals surface area (Å²) < 4.78 is 0. The Hall–Kier alpha value is -4.53. The molecule has 2 aromatic rings. The quantitative estimate of drug-likeness (QED) is 0.234. The molecular formula is C52H72N2O3. The summed E-state index contributed by atoms with van der Waals surface area (Å²) in [4.78, 5) is 32.4. The van der Waals surface area contributed by atoms with Crippen molar-refractivity contribution in [1.29, 1.82) is 0 Å². The van der Waals surface area contributed by atoms with Crippen LogP contribution < -0.4 is 0 Å². The van der Waals surface area contributed by atoms with Gasteiger partial charge in [-0.15, -0.1) is 45.1 Å². The number of nitrogens with zero attached hydrogens (tertiary/aromatic N) is 2. The van der Waals surface area contributed by atoms with Gasteiger partial charge in [-0.1, -0.05) is 78.3 Å². The van der Waals surface area contributed by atoms with Crippen molar-refractivity contribution >= 4 is 17.4 Å². The Morgan fingerprint density at radius 2 is 1.47 bits per heavy atom. The fourth-order valence-corrected chi connectivity index (χ4v) is 12.8. The number of aromatic carboxylic acids is 1. The first-order valence-corrected chi connectivity index (χ1v) is 21.1. The second kappa shape index (κ2) is 21.3. The summed E-state index contributed by atoms with van der Waals surface area (Å²) in [6, 6.07) is 13.6. The molecule has 4 saturated carbocycles. The second-order valence-corrected chi connectivity index (χ2v) is 17.3. The third-order valence-electron chi connectivity index (χ3n) is 14.7. The number of hydrogen-bond donors (Lipinski definition) is 1. The molecule has 5 nitrogen and oxygen atoms in total. The number of hydrogen-bond acceptors (Lipinski definition) is 3. The molecule has 57 heavy (non-hydrogen) atoms. The first kappa shape index (κ1) is 48.6. The second-order valence-electron chi connectivity index (χ2n) is 17.3. The van der Waals surface area contributed by atoms with Crippen LogP contribution in [-0.2, 0) is 11.2 Å². The highest BCUT2D eigenvalue weighted by Gasteiger charge is 2.66. The maximum absolute atomic E-state index is 14.3. The van der Waals surface area contributed by atoms with E-state index in [4.69, 9.17) is 0 Å². The van der Waals surface area contributed by atoms with Crippen LogP contribution in [0, 0.1) is 89.8 Å². The Morgan fingerprint density at radius 1 is 0.842 bits per heavy atom. The molecule has 1 amide bonds. The van der Waals surface area contributed by atoms with Crippen LogP contribution in [0.5, 0.6) is 0 Å². The van der Waals surface area contributed by atoms with E-state index in [1.54, 1.807) is 18.2 Å². The highest BCUT2D eigenvalue weighted by Crippen LogP contribution is 2.73. The van der Waals surface area contributed by atoms with E-state index in [1.807, 2.05) is 58.3 Å². The number of amides is 1. The Morgan fingerprint density at radius 3 is 2.05 bits per heavy atom. The highest BCUT2D eigenvalue weighted by atomic mass is 16.4. The molecular weight excluding hydrogens is 701 g/mol. The summed E-state index contributed by atoms with van der Waals surface area (Å²) in [5, 5.41) is 9.43. The van der Waals surface area contributed by atoms with Gasteiger partial charge in [0.05, 0.1) is 11.0 Å². The number of carbonyl (C=O) groups is 2. The molecule has 0 bridgehead atoms. The minimum Gasteiger partial charge on any atom is -0.478 e. The van der Waals surface area contributed by atoms with Crippen molar-refractivity contribution in [1.82, 2.24) is 9.88 Å². The number of carboxylic acid groups (broad SMARTS) is 1. The normalized spacial score (nSPS) is 30.8. The topological polar surface area (TPSA) is 70.5 Å². The summed E-state index contributed by atoms with van der Waals surface area (Å²) in [5.41, 5.74) is 4.41. The number of likely N-dealkylation sites (N-methyl/N-ethyl adjacent to an activating group) is 1. The molecule has 5 aliphatic rings. The van der Waals surface area contributed by atoms with Gasteiger partial charge in [0, 0.05) is 31.9 Å². The number of fused-ring (bicyclic) bond motifs is 7. The van der Waals surface area contributed by atoms with Crippen LogP contribution in [0.1, 0.15) is 134 Å². The van der Waals surface area contributed by atoms with E-state index >= 15 is 0 Å². The van der Waals surface area contributed by atoms with Crippen molar-refractivity contribution < 1.29 is 14.7 Å². The lowest BCUT2D eigenvalue weighted by Gasteiger charge is -2.68. The molecule has 0 radical (unpaired) electrons. The van der Waals surface area contributed by atoms with Gasteiger partial charge in [0.2, 0.25) is 5.91 Å². The van der Waals surface area contributed by atoms with Gasteiger partial charge in [-0.25, -0.2) is 4.79 Å². The lowest BCUT2D eigenvalue weighted by atomic mass is 9.36. The van der Waals surface area contributed by atoms with Gasteiger partial charge in [-0.3, -0.25) is 9.78 Å². The van der Waals surface area contributed by atoms with Crippen LogP contribution in [0.15, 0.2) is 67.4 Å². The summed E-state index contributed by atoms with van der Waals surface area (Å²) >= 11 is 0. The van der Waals surface area contributed by atoms with Gasteiger partial charge in [-0.05, 0) is 146 Å². The number of rotatable bonds is 6. The van der Waals surface area contributed by atoms with Crippen LogP contribution in [0.2, 0.25) is 0 Å². The minimum absolute atomic E-state index is 0.0232. The molecule has 1 aromatic carbocycles. The zero-order valence-corrected chi connectivity index (χ0v) is 36.5. The molecule has 0 saturated heterocycles. The number of carbonyl (C=O) groups excluding carboxylic acids is 1. The molecule has 5 heteroatoms. The Labute approximate surface area is 347 Å². The van der Waals surface area contributed by atoms with Gasteiger partial charge in [0.15, 0.2) is 0 Å². The number of pyridine rings is 1. The molecule has 308 valence electrons. The number of terminal acetylenes is 3. The molecule has 8 atom stereocenters. The maximum atomic E-state index is 14.3. The number of allylic oxidation sites excluding steroid dienone is 3. The van der Waals surface area contributed by atoms with Crippen LogP contribution >= 0.6 is 0 Å². The van der Waals surface area contributed by atoms with E-state index in [2.05, 4.69) is 94.8 Å². The largest absolute Gasteiger partial charge is 0.478 e. The first-order chi connectivity index (χ1) is 27.3. The van der Waals surface area contributed by atoms with Crippen molar-refractivity contribution in [3.05, 3.63) is 84.2 Å². The van der Waals surface area contributed by atoms with Crippen LogP contribution in [0.4, 0.5) is 0 Å². The Kier molecular flexibility index (Phi) is 18.2. The average molecular weight is 773 g/mol. The van der Waals surface area contributed by atoms with Crippen LogP contribution in [0.3, 0.4) is 0 Å². The molecule has 4 unspecified atom stereocenters. The number of aromatic nitrogens is 1. The standard InChI is InChI=1S/C41H54N2O3.C3H6.C2H6.3C2H2/c1-38(2)31(27-11-13-28(14-12-27)36(44)45)17-22-40(4)34(38)19-23-39(3)32-18-24-41(21-8-10-33(41)30(32)15-16-35(39)40)37(46)43(5)26-20-29-9-6-7-25-42-29;1-3-2;4*1-2/h6-7,9,11-14,17,25,30,32-35H,8,10,15-16,18-24,26H2,1-5H3,(H,44,45);3H,1H2,2H3;1-2H3;3*1-2H/t30-,32?,33?,34?,35?,39-,40-,41-;;;;;/m0...../s1. The third kappa shape index (κ3) is 9.29. The zero-order chi connectivity index (χ0) is 43.2. The molecule has 7 rings (SSSR count). The summed E-state index contributed by atoms with van der Waals surface area (Å²) in [6.07, 6.45) is 42.9. The summed E-state index contributed by atoms with van der Waals surface area (Å²) in [5.74, 6) is 2.74. The van der Waals surface area contributed by atoms with Crippen molar-refractivity contribution in [2.45, 2.75) is 119 Å². The monoisotopic (exact) mass is 773 g/mol. The minimum atomic E-state index is -0.868. The van der Waals surface area contributed by atoms with Crippen molar-refractivity contribution in [2.75, 3.05) is 13.6 Å². The first-order valence-electron chi connectivity index (χ1n) is 21.1. The molecule has 1 aromatic heterocycles. The molecule has 4 fully saturated rings. The number of carboxylic acids is 1. The zero-order valence-electron chi connectivity index (χ0n) is 36.5. The Balaban J connectivity index is 0.000000935. The predicted molar refractivity (Wildman–Crippen MR) is 240 cm³/mol. The van der Waals surface area contributed by atoms with Gasteiger partial charge in [0.1, 0.15) is 0 Å². The predicted octanol–water partition coefficient (Wildman–Crippen LogP) is 11.9. The molecule has 0 spiro atoms. The molecule has 0 aliphatic heterocycles. The van der Waals surface area contributed by atoms with E-state index in [-0.39, 0.29) is 16.2 Å². The van der Waals surface area contributed by atoms with Crippen LogP contribution in [0.25, 0.3) is 5.57 Å². The maximum Gasteiger partial charge on any atom is 0.335 e. The van der Waals surface area contributed by atoms with E-state index < -0.39 is 5.97 Å². The number of benzene rings is 1. The molecule has 5 aliphatic carbocycles. The van der Waals surface area contributed by atoms with Gasteiger partial charge < -0.3 is 10.0 Å². The van der Waals surface area contributed by atoms with Crippen molar-refractivity contribution in [3.8, 4) is 38.5 Å². The van der Waals surface area contributed by atoms with E-state index in [9.17, 15) is 14.7 Å². The molecule has 1 N–H and O–H groups in total. The fourth-order valence-electron chi connectivity index (χ4n) is 12.8. The Bertz CT molecular complexity index is 1690. The highest BCUT2D eigenvalue weighted by molar-refractivity contribution is 5.88. The van der Waals surface area contributed by atoms with E-state index in [1.165, 1.54) is 56.1 Å². The lowest BCUT2D eigenvalue weighted by molar-refractivity contribution is -0.184. The van der Waals surface area contributed by atoms with Crippen LogP contribution in [-0.4, -0.2) is 40.5 Å². The van der Waals surface area contributed by atoms with E-state index in [0.717, 1.165) is 37.9 Å². The fraction of sp³-hybridized carbons (Fsp3) is 0.558. The summed E-state index contributed by atoms with van der Waals surface area (Å²) in [6.45, 7) is 20.2. The lowest BCUT2D eigenvalue weighted by Crippen LogP contribution is -2.62. The molecule has 1 heterocycles. The van der Waals surface area contributed by atoms with Gasteiger partial charge in [-0.2, -0.15) is 0 Å². The smallest absolute Gasteiger partial charge is 0.335 e. The van der Waals surface area contributed by atoms with Crippen molar-refractivity contribution in [3.63, 3.8) is 0 Å². The van der Waals surface area contributed by atoms with Gasteiger partial charge in [0.25, 0.3) is 0 Å². The van der Waals surface area contributed by atoms with Crippen molar-refractivity contribution in [2.24, 2.45) is 51.2 Å². The van der Waals surface area contributed by atoms with E-state index in [0.29, 0.717) is 46.5 Å². The third-order valence-corrected chi connectivity index (χ3v) is 14.7. The summed E-state index contributed by atoms with van der Waals surface area (Å²) in [7, 11) is 2.04.